The van der Waals surface area contributed by atoms with Crippen molar-refractivity contribution in [3.05, 3.63) is 138 Å². The number of hydrogen-bond acceptors (Lipinski definition) is 8. The van der Waals surface area contributed by atoms with Gasteiger partial charge in [0.15, 0.2) is 16.3 Å². The lowest BCUT2D eigenvalue weighted by Gasteiger charge is -2.31. The molecule has 0 bridgehead atoms. The summed E-state index contributed by atoms with van der Waals surface area (Å²) in [5.41, 5.74) is 7.09. The number of aryl methyl sites for hydroxylation is 1. The molecule has 1 aliphatic carbocycles. The monoisotopic (exact) mass is 630 g/mol. The Balaban J connectivity index is 1.17. The van der Waals surface area contributed by atoms with E-state index in [1.54, 1.807) is 14.2 Å². The quantitative estimate of drug-likeness (QED) is 0.232. The third-order valence-corrected chi connectivity index (χ3v) is 9.61. The zero-order chi connectivity index (χ0) is 31.2. The number of thiazole rings is 1. The number of allylic oxidation sites excluding steroid dienone is 1. The normalized spacial score (nSPS) is 16.3. The number of hydrogen-bond donors (Lipinski definition) is 0. The zero-order valence-electron chi connectivity index (χ0n) is 25.3. The van der Waals surface area contributed by atoms with Gasteiger partial charge in [-0.25, -0.2) is 4.99 Å². The predicted molar refractivity (Wildman–Crippen MR) is 176 cm³/mol. The maximum absolute atomic E-state index is 14.2. The van der Waals surface area contributed by atoms with Gasteiger partial charge in [-0.05, 0) is 83.6 Å². The Morgan fingerprint density at radius 2 is 1.74 bits per heavy atom. The molecule has 230 valence electrons. The van der Waals surface area contributed by atoms with Crippen molar-refractivity contribution >= 4 is 23.1 Å². The molecule has 0 fully saturated rings. The number of methoxy groups -OCH3 is 2. The fraction of sp³-hybridized carbons (Fsp3) is 0.189. The van der Waals surface area contributed by atoms with Crippen LogP contribution in [0.5, 0.6) is 28.7 Å². The minimum Gasteiger partial charge on any atom is -0.497 e. The summed E-state index contributed by atoms with van der Waals surface area (Å²) in [6, 6.07) is 27.3. The number of ether oxygens (including phenoxy) is 5. The summed E-state index contributed by atoms with van der Waals surface area (Å²) >= 11 is 1.40. The summed E-state index contributed by atoms with van der Waals surface area (Å²) in [7, 11) is 3.30. The first-order valence-electron chi connectivity index (χ1n) is 15.1. The highest BCUT2D eigenvalue weighted by Gasteiger charge is 2.34. The van der Waals surface area contributed by atoms with Crippen LogP contribution in [0.25, 0.3) is 11.8 Å². The Labute approximate surface area is 269 Å². The number of benzene rings is 4. The number of rotatable bonds is 7. The molecule has 1 aromatic heterocycles. The summed E-state index contributed by atoms with van der Waals surface area (Å²) in [6.45, 7) is 0.640. The summed E-state index contributed by atoms with van der Waals surface area (Å²) in [4.78, 5) is 20.0. The number of aromatic nitrogens is 1. The predicted octanol–water partition coefficient (Wildman–Crippen LogP) is 5.64. The Hall–Kier alpha value is -5.28. The molecule has 0 spiro atoms. The number of nitrogens with zero attached hydrogens (tertiary/aromatic N) is 2. The van der Waals surface area contributed by atoms with E-state index in [-0.39, 0.29) is 18.4 Å². The van der Waals surface area contributed by atoms with Gasteiger partial charge in [0.2, 0.25) is 6.79 Å². The van der Waals surface area contributed by atoms with E-state index in [9.17, 15) is 4.79 Å². The lowest BCUT2D eigenvalue weighted by molar-refractivity contribution is 0.174. The third kappa shape index (κ3) is 4.93. The van der Waals surface area contributed by atoms with Crippen molar-refractivity contribution in [3.63, 3.8) is 0 Å². The van der Waals surface area contributed by atoms with E-state index in [1.165, 1.54) is 16.9 Å². The van der Waals surface area contributed by atoms with Gasteiger partial charge in [-0.2, -0.15) is 0 Å². The Morgan fingerprint density at radius 3 is 2.59 bits per heavy atom. The lowest BCUT2D eigenvalue weighted by Crippen LogP contribution is -2.39. The van der Waals surface area contributed by atoms with Crippen LogP contribution in [0.4, 0.5) is 0 Å². The van der Waals surface area contributed by atoms with Gasteiger partial charge >= 0.3 is 0 Å². The molecule has 2 aliphatic heterocycles. The van der Waals surface area contributed by atoms with Crippen molar-refractivity contribution < 1.29 is 23.7 Å². The fourth-order valence-electron chi connectivity index (χ4n) is 6.36. The lowest BCUT2D eigenvalue weighted by atomic mass is 9.83. The van der Waals surface area contributed by atoms with Crippen molar-refractivity contribution in [2.75, 3.05) is 21.0 Å². The first-order valence-corrected chi connectivity index (χ1v) is 15.9. The summed E-state index contributed by atoms with van der Waals surface area (Å²) in [5, 5.41) is 0. The van der Waals surface area contributed by atoms with E-state index in [1.807, 2.05) is 77.4 Å². The summed E-state index contributed by atoms with van der Waals surface area (Å²) in [5.74, 6) is 3.61. The van der Waals surface area contributed by atoms with Gasteiger partial charge in [0.05, 0.1) is 30.5 Å². The fourth-order valence-corrected chi connectivity index (χ4v) is 7.36. The van der Waals surface area contributed by atoms with E-state index in [0.717, 1.165) is 63.6 Å². The molecule has 8 nitrogen and oxygen atoms in total. The van der Waals surface area contributed by atoms with E-state index >= 15 is 0 Å². The van der Waals surface area contributed by atoms with E-state index in [4.69, 9.17) is 28.7 Å². The highest BCUT2D eigenvalue weighted by molar-refractivity contribution is 7.07. The molecule has 0 amide bonds. The molecule has 4 aromatic carbocycles. The maximum Gasteiger partial charge on any atom is 0.271 e. The first kappa shape index (κ1) is 28.2. The molecule has 0 saturated heterocycles. The Morgan fingerprint density at radius 1 is 0.913 bits per heavy atom. The number of fused-ring (bicyclic) bond motifs is 4. The Bertz CT molecular complexity index is 2200. The zero-order valence-corrected chi connectivity index (χ0v) is 26.1. The van der Waals surface area contributed by atoms with Gasteiger partial charge in [0, 0.05) is 11.1 Å². The second kappa shape index (κ2) is 11.6. The molecule has 3 heterocycles. The van der Waals surface area contributed by atoms with E-state index < -0.39 is 0 Å². The average Bonchev–Trinajstić information content (AvgIpc) is 3.70. The van der Waals surface area contributed by atoms with Gasteiger partial charge in [-0.3, -0.25) is 9.36 Å². The van der Waals surface area contributed by atoms with Gasteiger partial charge in [0.1, 0.15) is 23.9 Å². The molecular formula is C37H30N2O6S. The van der Waals surface area contributed by atoms with E-state index in [2.05, 4.69) is 18.2 Å². The maximum atomic E-state index is 14.2. The molecule has 5 aromatic rings. The molecule has 3 aliphatic rings. The van der Waals surface area contributed by atoms with E-state index in [0.29, 0.717) is 27.4 Å². The minimum absolute atomic E-state index is 0.0906. The minimum atomic E-state index is -0.376. The highest BCUT2D eigenvalue weighted by atomic mass is 32.1. The smallest absolute Gasteiger partial charge is 0.271 e. The molecule has 1 unspecified atom stereocenters. The summed E-state index contributed by atoms with van der Waals surface area (Å²) in [6.07, 6.45) is 3.58. The highest BCUT2D eigenvalue weighted by Crippen LogP contribution is 2.44. The van der Waals surface area contributed by atoms with Crippen LogP contribution in [-0.2, 0) is 13.0 Å². The molecule has 8 rings (SSSR count). The molecule has 0 radical (unpaired) electrons. The second-order valence-corrected chi connectivity index (χ2v) is 12.3. The van der Waals surface area contributed by atoms with Crippen molar-refractivity contribution in [1.29, 1.82) is 0 Å². The molecular weight excluding hydrogens is 600 g/mol. The summed E-state index contributed by atoms with van der Waals surface area (Å²) < 4.78 is 30.7. The van der Waals surface area contributed by atoms with Crippen molar-refractivity contribution in [3.8, 4) is 28.7 Å². The topological polar surface area (TPSA) is 80.5 Å². The molecule has 0 N–H and O–H groups in total. The standard InChI is InChI=1S/C37H30N2O6S/c1-41-26-13-16-30(42-2)29(19-26)35-28-14-10-24-5-3-4-6-27(24)34(28)38-37-39(35)36(40)33(46-37)18-22-7-11-25(12-8-22)43-20-23-9-15-31-32(17-23)45-21-44-31/h3-9,11-13,15-19,35H,10,14,20-21H2,1-2H3/b33-18-. The second-order valence-electron chi connectivity index (χ2n) is 11.3. The van der Waals surface area contributed by atoms with Crippen LogP contribution in [-0.4, -0.2) is 25.6 Å². The van der Waals surface area contributed by atoms with Crippen LogP contribution in [0.1, 0.15) is 40.3 Å². The molecule has 9 heteroatoms. The van der Waals surface area contributed by atoms with Gasteiger partial charge in [0.25, 0.3) is 5.56 Å². The Kier molecular flexibility index (Phi) is 7.10. The van der Waals surface area contributed by atoms with Crippen molar-refractivity contribution in [1.82, 2.24) is 4.57 Å². The molecule has 46 heavy (non-hydrogen) atoms. The first-order chi connectivity index (χ1) is 22.6. The van der Waals surface area contributed by atoms with Gasteiger partial charge in [-0.15, -0.1) is 0 Å². The largest absolute Gasteiger partial charge is 0.497 e. The van der Waals surface area contributed by atoms with Crippen LogP contribution in [0.2, 0.25) is 0 Å². The van der Waals surface area contributed by atoms with Crippen molar-refractivity contribution in [2.45, 2.75) is 25.5 Å². The molecule has 1 atom stereocenters. The van der Waals surface area contributed by atoms with Crippen molar-refractivity contribution in [2.24, 2.45) is 4.99 Å². The van der Waals surface area contributed by atoms with Gasteiger partial charge in [-0.1, -0.05) is 53.8 Å². The van der Waals surface area contributed by atoms with Crippen LogP contribution in [0.15, 0.2) is 100 Å². The average molecular weight is 631 g/mol. The SMILES string of the molecule is COc1ccc(OC)c(C2C3=C(N=c4s/c(=C\c5ccc(OCc6ccc7c(c6)OCO7)cc5)c(=O)n42)c2ccccc2CC3)c1. The van der Waals surface area contributed by atoms with Crippen LogP contribution >= 0.6 is 11.3 Å². The molecule has 0 saturated carbocycles. The van der Waals surface area contributed by atoms with Crippen LogP contribution in [0, 0.1) is 0 Å². The third-order valence-electron chi connectivity index (χ3n) is 8.62. The van der Waals surface area contributed by atoms with Crippen LogP contribution in [0.3, 0.4) is 0 Å². The van der Waals surface area contributed by atoms with Crippen LogP contribution < -0.4 is 38.6 Å². The van der Waals surface area contributed by atoms with Gasteiger partial charge < -0.3 is 23.7 Å².